The van der Waals surface area contributed by atoms with E-state index in [1.165, 1.54) is 0 Å². The topological polar surface area (TPSA) is 32.6 Å². The molecule has 52 valence electrons. The largest absolute Gasteiger partial charge is 0.368 e. The van der Waals surface area contributed by atoms with E-state index in [2.05, 4.69) is 20.9 Å². The Kier molecular flexibility index (Phi) is 2.18. The molecule has 0 saturated heterocycles. The van der Waals surface area contributed by atoms with E-state index in [1.807, 2.05) is 6.92 Å². The minimum absolute atomic E-state index is 0.532. The van der Waals surface area contributed by atoms with Crippen LogP contribution in [-0.2, 0) is 0 Å². The second kappa shape index (κ2) is 2.60. The summed E-state index contributed by atoms with van der Waals surface area (Å²) in [5.41, 5.74) is -0.825. The van der Waals surface area contributed by atoms with Crippen molar-refractivity contribution in [3.05, 3.63) is 0 Å². The predicted octanol–water partition coefficient (Wildman–Crippen LogP) is 1.24. The maximum Gasteiger partial charge on any atom is 0.175 e. The molecule has 0 aromatic carbocycles. The number of hydrogen-bond donors (Lipinski definition) is 1. The summed E-state index contributed by atoms with van der Waals surface area (Å²) in [7, 11) is 0. The van der Waals surface area contributed by atoms with Gasteiger partial charge < -0.3 is 5.11 Å². The summed E-state index contributed by atoms with van der Waals surface area (Å²) in [5, 5.41) is 10.9. The van der Waals surface area contributed by atoms with Crippen LogP contribution in [0.1, 0.15) is 6.92 Å². The molecule has 2 nitrogen and oxygen atoms in total. The van der Waals surface area contributed by atoms with Gasteiger partial charge in [0.1, 0.15) is 0 Å². The standard InChI is InChI=1S/C5H8BrNOS/c1-4-7-5(8,2-6)3-9-4/h8H,2-3H2,1H3. The Morgan fingerprint density at radius 3 is 2.89 bits per heavy atom. The van der Waals surface area contributed by atoms with Gasteiger partial charge in [-0.05, 0) is 6.92 Å². The lowest BCUT2D eigenvalue weighted by Gasteiger charge is -2.12. The van der Waals surface area contributed by atoms with Crippen LogP contribution >= 0.6 is 27.7 Å². The molecule has 1 rings (SSSR count). The first kappa shape index (κ1) is 7.57. The van der Waals surface area contributed by atoms with Crippen LogP contribution in [0.25, 0.3) is 0 Å². The van der Waals surface area contributed by atoms with E-state index in [0.717, 1.165) is 5.04 Å². The fourth-order valence-electron chi connectivity index (χ4n) is 0.646. The Labute approximate surface area is 66.9 Å². The SMILES string of the molecule is CC1=NC(O)(CBr)CS1. The van der Waals surface area contributed by atoms with E-state index < -0.39 is 5.72 Å². The first-order valence-electron chi connectivity index (χ1n) is 2.64. The van der Waals surface area contributed by atoms with Crippen molar-refractivity contribution in [2.45, 2.75) is 12.6 Å². The monoisotopic (exact) mass is 209 g/mol. The minimum atomic E-state index is -0.825. The zero-order chi connectivity index (χ0) is 6.91. The molecule has 0 aromatic heterocycles. The van der Waals surface area contributed by atoms with Gasteiger partial charge in [0.05, 0.1) is 10.4 Å². The number of rotatable bonds is 1. The van der Waals surface area contributed by atoms with E-state index in [4.69, 9.17) is 0 Å². The van der Waals surface area contributed by atoms with Crippen molar-refractivity contribution in [3.63, 3.8) is 0 Å². The van der Waals surface area contributed by atoms with Gasteiger partial charge in [-0.15, -0.1) is 11.8 Å². The molecule has 0 spiro atoms. The normalized spacial score (nSPS) is 34.8. The summed E-state index contributed by atoms with van der Waals surface area (Å²) >= 11 is 4.79. The van der Waals surface area contributed by atoms with E-state index in [9.17, 15) is 5.11 Å². The van der Waals surface area contributed by atoms with Crippen molar-refractivity contribution in [3.8, 4) is 0 Å². The van der Waals surface area contributed by atoms with Gasteiger partial charge >= 0.3 is 0 Å². The Morgan fingerprint density at radius 1 is 2.00 bits per heavy atom. The Morgan fingerprint density at radius 2 is 2.67 bits per heavy atom. The third-order valence-electron chi connectivity index (χ3n) is 1.09. The highest BCUT2D eigenvalue weighted by Gasteiger charge is 2.29. The number of alkyl halides is 1. The van der Waals surface area contributed by atoms with Crippen molar-refractivity contribution in [1.82, 2.24) is 0 Å². The quantitative estimate of drug-likeness (QED) is 0.660. The molecule has 1 aliphatic heterocycles. The van der Waals surface area contributed by atoms with Gasteiger partial charge in [-0.3, -0.25) is 0 Å². The van der Waals surface area contributed by atoms with Crippen LogP contribution in [0, 0.1) is 0 Å². The average Bonchev–Trinajstić information content (AvgIpc) is 2.13. The first-order valence-corrected chi connectivity index (χ1v) is 4.75. The van der Waals surface area contributed by atoms with Crippen LogP contribution < -0.4 is 0 Å². The van der Waals surface area contributed by atoms with E-state index >= 15 is 0 Å². The third kappa shape index (κ3) is 1.69. The first-order chi connectivity index (χ1) is 4.16. The molecule has 1 atom stereocenters. The summed E-state index contributed by atoms with van der Waals surface area (Å²) in [6.45, 7) is 1.91. The Bertz CT molecular complexity index is 150. The number of thioether (sulfide) groups is 1. The Balaban J connectivity index is 2.64. The molecule has 1 aliphatic rings. The molecule has 0 saturated carbocycles. The number of aliphatic imine (C=N–C) groups is 1. The van der Waals surface area contributed by atoms with Crippen molar-refractivity contribution < 1.29 is 5.11 Å². The molecule has 9 heavy (non-hydrogen) atoms. The van der Waals surface area contributed by atoms with Crippen molar-refractivity contribution in [2.24, 2.45) is 4.99 Å². The Hall–Kier alpha value is 0.460. The number of hydrogen-bond acceptors (Lipinski definition) is 3. The molecule has 1 unspecified atom stereocenters. The lowest BCUT2D eigenvalue weighted by Crippen LogP contribution is -2.27. The maximum atomic E-state index is 9.42. The highest BCUT2D eigenvalue weighted by atomic mass is 79.9. The zero-order valence-corrected chi connectivity index (χ0v) is 7.50. The summed E-state index contributed by atoms with van der Waals surface area (Å²) < 4.78 is 0. The van der Waals surface area contributed by atoms with Gasteiger partial charge in [0.25, 0.3) is 0 Å². The average molecular weight is 210 g/mol. The number of nitrogens with zero attached hydrogens (tertiary/aromatic N) is 1. The zero-order valence-electron chi connectivity index (χ0n) is 5.09. The molecular weight excluding hydrogens is 202 g/mol. The van der Waals surface area contributed by atoms with Crippen molar-refractivity contribution in [2.75, 3.05) is 11.1 Å². The summed E-state index contributed by atoms with van der Waals surface area (Å²) in [5.74, 6) is 0.685. The highest BCUT2D eigenvalue weighted by molar-refractivity contribution is 9.09. The van der Waals surface area contributed by atoms with Crippen LogP contribution in [-0.4, -0.2) is 27.0 Å². The van der Waals surface area contributed by atoms with Crippen LogP contribution in [0.2, 0.25) is 0 Å². The van der Waals surface area contributed by atoms with Crippen molar-refractivity contribution in [1.29, 1.82) is 0 Å². The number of aliphatic hydroxyl groups is 1. The fourth-order valence-corrected chi connectivity index (χ4v) is 2.07. The lowest BCUT2D eigenvalue weighted by atomic mass is 10.3. The highest BCUT2D eigenvalue weighted by Crippen LogP contribution is 2.26. The van der Waals surface area contributed by atoms with Gasteiger partial charge in [0.15, 0.2) is 5.72 Å². The number of halogens is 1. The van der Waals surface area contributed by atoms with E-state index in [1.54, 1.807) is 11.8 Å². The van der Waals surface area contributed by atoms with Gasteiger partial charge in [0, 0.05) is 5.75 Å². The van der Waals surface area contributed by atoms with Gasteiger partial charge in [-0.1, -0.05) is 15.9 Å². The van der Waals surface area contributed by atoms with Crippen LogP contribution in [0.15, 0.2) is 4.99 Å². The van der Waals surface area contributed by atoms with Gasteiger partial charge in [-0.25, -0.2) is 4.99 Å². The fraction of sp³-hybridized carbons (Fsp3) is 0.800. The minimum Gasteiger partial charge on any atom is -0.368 e. The smallest absolute Gasteiger partial charge is 0.175 e. The molecule has 0 aromatic rings. The van der Waals surface area contributed by atoms with Crippen LogP contribution in [0.4, 0.5) is 0 Å². The molecule has 0 amide bonds. The van der Waals surface area contributed by atoms with Crippen LogP contribution in [0.3, 0.4) is 0 Å². The molecule has 4 heteroatoms. The van der Waals surface area contributed by atoms with Gasteiger partial charge in [-0.2, -0.15) is 0 Å². The van der Waals surface area contributed by atoms with Crippen LogP contribution in [0.5, 0.6) is 0 Å². The van der Waals surface area contributed by atoms with E-state index in [-0.39, 0.29) is 0 Å². The summed E-state index contributed by atoms with van der Waals surface area (Å²) in [4.78, 5) is 4.03. The third-order valence-corrected chi connectivity index (χ3v) is 3.11. The molecule has 0 radical (unpaired) electrons. The summed E-state index contributed by atoms with van der Waals surface area (Å²) in [6.07, 6.45) is 0. The molecule has 1 N–H and O–H groups in total. The molecular formula is C5H8BrNOS. The maximum absolute atomic E-state index is 9.42. The molecule has 0 fully saturated rings. The second-order valence-corrected chi connectivity index (χ2v) is 3.76. The molecule has 0 aliphatic carbocycles. The van der Waals surface area contributed by atoms with Gasteiger partial charge in [0.2, 0.25) is 0 Å². The summed E-state index contributed by atoms with van der Waals surface area (Å²) in [6, 6.07) is 0. The molecule has 1 heterocycles. The predicted molar refractivity (Wildman–Crippen MR) is 44.3 cm³/mol. The van der Waals surface area contributed by atoms with Crippen molar-refractivity contribution >= 4 is 32.7 Å². The van der Waals surface area contributed by atoms with E-state index in [0.29, 0.717) is 11.1 Å². The second-order valence-electron chi connectivity index (χ2n) is 2.04. The molecule has 0 bridgehead atoms. The lowest BCUT2D eigenvalue weighted by molar-refractivity contribution is 0.105.